The van der Waals surface area contributed by atoms with Gasteiger partial charge in [0.15, 0.2) is 0 Å². The molecule has 2 aromatic heterocycles. The first-order chi connectivity index (χ1) is 11.6. The van der Waals surface area contributed by atoms with E-state index in [4.69, 9.17) is 4.52 Å². The minimum absolute atomic E-state index is 0.255. The summed E-state index contributed by atoms with van der Waals surface area (Å²) < 4.78 is 7.61. The van der Waals surface area contributed by atoms with Crippen molar-refractivity contribution < 1.29 is 9.63 Å². The van der Waals surface area contributed by atoms with Crippen LogP contribution in [0.2, 0.25) is 0 Å². The van der Waals surface area contributed by atoms with E-state index in [2.05, 4.69) is 28.8 Å². The molecule has 4 aromatic rings. The highest BCUT2D eigenvalue weighted by Gasteiger charge is 2.22. The molecule has 0 aliphatic rings. The lowest BCUT2D eigenvalue weighted by Crippen LogP contribution is -1.98. The van der Waals surface area contributed by atoms with E-state index in [1.165, 1.54) is 10.9 Å². The number of phenols is 1. The van der Waals surface area contributed by atoms with Crippen molar-refractivity contribution in [2.75, 3.05) is 0 Å². The van der Waals surface area contributed by atoms with Gasteiger partial charge in [-0.25, -0.2) is 0 Å². The third-order valence-electron chi connectivity index (χ3n) is 4.51. The van der Waals surface area contributed by atoms with Crippen LogP contribution in [0.5, 0.6) is 5.75 Å². The monoisotopic (exact) mass is 318 g/mol. The molecule has 4 rings (SSSR count). The highest BCUT2D eigenvalue weighted by molar-refractivity contribution is 5.94. The standard InChI is InChI=1S/C20H18N2O2/c1-12-17-6-4-5-7-18(17)22(15-8-10-16(23)11-9-15)20(12)19-13(2)21-24-14(19)3/h4-11,23H,1-3H3. The van der Waals surface area contributed by atoms with Crippen molar-refractivity contribution in [1.29, 1.82) is 0 Å². The molecule has 24 heavy (non-hydrogen) atoms. The SMILES string of the molecule is Cc1noc(C)c1-c1c(C)c2ccccc2n1-c1ccc(O)cc1. The number of fused-ring (bicyclic) bond motifs is 1. The van der Waals surface area contributed by atoms with Gasteiger partial charge in [-0.3, -0.25) is 0 Å². The van der Waals surface area contributed by atoms with Crippen LogP contribution in [0, 0.1) is 20.8 Å². The van der Waals surface area contributed by atoms with E-state index in [1.807, 2.05) is 38.1 Å². The van der Waals surface area contributed by atoms with Crippen LogP contribution < -0.4 is 0 Å². The van der Waals surface area contributed by atoms with Gasteiger partial charge in [0.05, 0.1) is 22.5 Å². The molecule has 4 nitrogen and oxygen atoms in total. The summed E-state index contributed by atoms with van der Waals surface area (Å²) in [6.45, 7) is 6.03. The number of rotatable bonds is 2. The molecule has 2 heterocycles. The van der Waals surface area contributed by atoms with Crippen molar-refractivity contribution in [1.82, 2.24) is 9.72 Å². The molecule has 120 valence electrons. The number of aromatic nitrogens is 2. The topological polar surface area (TPSA) is 51.2 Å². The Kier molecular flexibility index (Phi) is 3.20. The van der Waals surface area contributed by atoms with Gasteiger partial charge in [0.2, 0.25) is 0 Å². The van der Waals surface area contributed by atoms with E-state index in [0.717, 1.165) is 33.9 Å². The minimum Gasteiger partial charge on any atom is -0.508 e. The minimum atomic E-state index is 0.255. The van der Waals surface area contributed by atoms with Crippen LogP contribution in [0.3, 0.4) is 0 Å². The first-order valence-corrected chi connectivity index (χ1v) is 7.90. The Morgan fingerprint density at radius 2 is 1.67 bits per heavy atom. The van der Waals surface area contributed by atoms with Crippen molar-refractivity contribution in [3.05, 3.63) is 65.5 Å². The van der Waals surface area contributed by atoms with Crippen LogP contribution in [0.25, 0.3) is 27.8 Å². The van der Waals surface area contributed by atoms with E-state index < -0.39 is 0 Å². The zero-order chi connectivity index (χ0) is 16.8. The van der Waals surface area contributed by atoms with Crippen molar-refractivity contribution in [2.45, 2.75) is 20.8 Å². The summed E-state index contributed by atoms with van der Waals surface area (Å²) >= 11 is 0. The van der Waals surface area contributed by atoms with Crippen molar-refractivity contribution in [3.63, 3.8) is 0 Å². The summed E-state index contributed by atoms with van der Waals surface area (Å²) in [4.78, 5) is 0. The molecule has 4 heteroatoms. The van der Waals surface area contributed by atoms with Crippen LogP contribution in [-0.4, -0.2) is 14.8 Å². The van der Waals surface area contributed by atoms with Crippen LogP contribution in [0.4, 0.5) is 0 Å². The molecule has 0 aliphatic carbocycles. The summed E-state index contributed by atoms with van der Waals surface area (Å²) in [7, 11) is 0. The molecule has 2 aromatic carbocycles. The Labute approximate surface area is 140 Å². The Bertz CT molecular complexity index is 1020. The first kappa shape index (κ1) is 14.6. The Morgan fingerprint density at radius 1 is 0.958 bits per heavy atom. The lowest BCUT2D eigenvalue weighted by atomic mass is 10.1. The van der Waals surface area contributed by atoms with Gasteiger partial charge < -0.3 is 14.2 Å². The normalized spacial score (nSPS) is 11.3. The summed E-state index contributed by atoms with van der Waals surface area (Å²) in [5, 5.41) is 14.9. The number of aryl methyl sites for hydroxylation is 3. The molecule has 0 radical (unpaired) electrons. The molecule has 1 N–H and O–H groups in total. The van der Waals surface area contributed by atoms with E-state index in [9.17, 15) is 5.11 Å². The molecule has 0 bridgehead atoms. The number of aromatic hydroxyl groups is 1. The highest BCUT2D eigenvalue weighted by Crippen LogP contribution is 2.38. The fourth-order valence-electron chi connectivity index (χ4n) is 3.39. The molecule has 0 aliphatic heterocycles. The van der Waals surface area contributed by atoms with Gasteiger partial charge in [0.25, 0.3) is 0 Å². The number of hydrogen-bond acceptors (Lipinski definition) is 3. The number of benzene rings is 2. The van der Waals surface area contributed by atoms with Crippen molar-refractivity contribution >= 4 is 10.9 Å². The predicted molar refractivity (Wildman–Crippen MR) is 94.6 cm³/mol. The van der Waals surface area contributed by atoms with Crippen molar-refractivity contribution in [3.8, 4) is 22.7 Å². The van der Waals surface area contributed by atoms with Crippen molar-refractivity contribution in [2.24, 2.45) is 0 Å². The number of hydrogen-bond donors (Lipinski definition) is 1. The van der Waals surface area contributed by atoms with Gasteiger partial charge >= 0.3 is 0 Å². The third kappa shape index (κ3) is 2.03. The molecule has 0 fully saturated rings. The molecule has 0 saturated carbocycles. The van der Waals surface area contributed by atoms with Gasteiger partial charge in [-0.1, -0.05) is 23.4 Å². The zero-order valence-electron chi connectivity index (χ0n) is 13.9. The molecular weight excluding hydrogens is 300 g/mol. The van der Waals surface area contributed by atoms with E-state index in [1.54, 1.807) is 12.1 Å². The summed E-state index contributed by atoms with van der Waals surface area (Å²) in [5.74, 6) is 1.06. The van der Waals surface area contributed by atoms with Gasteiger partial charge in [0.1, 0.15) is 11.5 Å². The second kappa shape index (κ2) is 5.27. The Balaban J connectivity index is 2.15. The largest absolute Gasteiger partial charge is 0.508 e. The average Bonchev–Trinajstić information content (AvgIpc) is 3.06. The highest BCUT2D eigenvalue weighted by atomic mass is 16.5. The Hall–Kier alpha value is -3.01. The fraction of sp³-hybridized carbons (Fsp3) is 0.150. The smallest absolute Gasteiger partial charge is 0.143 e. The molecule has 0 saturated heterocycles. The van der Waals surface area contributed by atoms with E-state index in [0.29, 0.717) is 0 Å². The predicted octanol–water partition coefficient (Wildman–Crippen LogP) is 4.92. The average molecular weight is 318 g/mol. The molecule has 0 atom stereocenters. The van der Waals surface area contributed by atoms with Gasteiger partial charge in [-0.05, 0) is 56.7 Å². The third-order valence-corrected chi connectivity index (χ3v) is 4.51. The van der Waals surface area contributed by atoms with Gasteiger partial charge in [-0.15, -0.1) is 0 Å². The summed E-state index contributed by atoms with van der Waals surface area (Å²) in [6, 6.07) is 15.6. The first-order valence-electron chi connectivity index (χ1n) is 7.90. The van der Waals surface area contributed by atoms with E-state index >= 15 is 0 Å². The van der Waals surface area contributed by atoms with E-state index in [-0.39, 0.29) is 5.75 Å². The molecule has 0 unspecified atom stereocenters. The van der Waals surface area contributed by atoms with Gasteiger partial charge in [0, 0.05) is 11.1 Å². The Morgan fingerprint density at radius 3 is 2.33 bits per heavy atom. The van der Waals surface area contributed by atoms with Crippen LogP contribution >= 0.6 is 0 Å². The number of para-hydroxylation sites is 1. The molecule has 0 spiro atoms. The summed E-state index contributed by atoms with van der Waals surface area (Å²) in [5.41, 5.74) is 6.28. The maximum absolute atomic E-state index is 9.63. The second-order valence-corrected chi connectivity index (χ2v) is 6.04. The molecular formula is C20H18N2O2. The zero-order valence-corrected chi connectivity index (χ0v) is 13.9. The van der Waals surface area contributed by atoms with Gasteiger partial charge in [-0.2, -0.15) is 0 Å². The van der Waals surface area contributed by atoms with Crippen LogP contribution in [0.1, 0.15) is 17.0 Å². The number of phenolic OH excluding ortho intramolecular Hbond substituents is 1. The quantitative estimate of drug-likeness (QED) is 0.571. The van der Waals surface area contributed by atoms with Crippen LogP contribution in [-0.2, 0) is 0 Å². The maximum atomic E-state index is 9.63. The maximum Gasteiger partial charge on any atom is 0.143 e. The fourth-order valence-corrected chi connectivity index (χ4v) is 3.39. The lowest BCUT2D eigenvalue weighted by Gasteiger charge is -2.12. The second-order valence-electron chi connectivity index (χ2n) is 6.04. The summed E-state index contributed by atoms with van der Waals surface area (Å²) in [6.07, 6.45) is 0. The number of nitrogens with zero attached hydrogens (tertiary/aromatic N) is 2. The van der Waals surface area contributed by atoms with Crippen LogP contribution in [0.15, 0.2) is 53.1 Å². The lowest BCUT2D eigenvalue weighted by molar-refractivity contribution is 0.393. The molecule has 0 amide bonds.